The number of ether oxygens (including phenoxy) is 3. The van der Waals surface area contributed by atoms with E-state index in [9.17, 15) is 4.79 Å². The van der Waals surface area contributed by atoms with Gasteiger partial charge in [0, 0.05) is 36.0 Å². The van der Waals surface area contributed by atoms with E-state index in [1.807, 2.05) is 48.5 Å². The second-order valence-corrected chi connectivity index (χ2v) is 6.20. The molecular weight excluding hydrogens is 382 g/mol. The first kappa shape index (κ1) is 20.9. The third-order valence-electron chi connectivity index (χ3n) is 4.09. The molecule has 0 saturated heterocycles. The minimum atomic E-state index is -0.304. The zero-order valence-corrected chi connectivity index (χ0v) is 16.7. The highest BCUT2D eigenvalue weighted by Crippen LogP contribution is 2.19. The van der Waals surface area contributed by atoms with Crippen molar-refractivity contribution in [2.24, 2.45) is 5.10 Å². The Balaban J connectivity index is 1.46. The van der Waals surface area contributed by atoms with E-state index in [1.165, 1.54) is 0 Å². The van der Waals surface area contributed by atoms with Gasteiger partial charge in [0.1, 0.15) is 17.2 Å². The second-order valence-electron chi connectivity index (χ2n) is 6.20. The lowest BCUT2D eigenvalue weighted by atomic mass is 10.2. The van der Waals surface area contributed by atoms with Crippen molar-refractivity contribution in [1.29, 1.82) is 0 Å². The Bertz CT molecular complexity index is 977. The zero-order valence-electron chi connectivity index (χ0n) is 16.7. The van der Waals surface area contributed by atoms with Gasteiger partial charge in [-0.2, -0.15) is 5.10 Å². The van der Waals surface area contributed by atoms with E-state index < -0.39 is 0 Å². The number of para-hydroxylation sites is 1. The zero-order chi connectivity index (χ0) is 21.0. The summed E-state index contributed by atoms with van der Waals surface area (Å²) in [5.41, 5.74) is 3.75. The third kappa shape index (κ3) is 6.34. The first-order valence-corrected chi connectivity index (χ1v) is 9.48. The van der Waals surface area contributed by atoms with E-state index in [-0.39, 0.29) is 5.91 Å². The van der Waals surface area contributed by atoms with Gasteiger partial charge in [-0.05, 0) is 36.4 Å². The summed E-state index contributed by atoms with van der Waals surface area (Å²) >= 11 is 0. The molecule has 1 N–H and O–H groups in total. The molecule has 1 heterocycles. The highest BCUT2D eigenvalue weighted by atomic mass is 16.5. The summed E-state index contributed by atoms with van der Waals surface area (Å²) in [5, 5.41) is 4.02. The topological polar surface area (TPSA) is 82.0 Å². The first-order chi connectivity index (χ1) is 14.8. The maximum Gasteiger partial charge on any atom is 0.271 e. The summed E-state index contributed by atoms with van der Waals surface area (Å²) < 4.78 is 16.7. The molecule has 0 aliphatic carbocycles. The molecule has 154 valence electrons. The van der Waals surface area contributed by atoms with Crippen LogP contribution in [0.3, 0.4) is 0 Å². The average Bonchev–Trinajstić information content (AvgIpc) is 2.80. The quantitative estimate of drug-likeness (QED) is 0.316. The molecular formula is C23H23N3O4. The Kier molecular flexibility index (Phi) is 7.79. The van der Waals surface area contributed by atoms with Gasteiger partial charge in [0.15, 0.2) is 0 Å². The molecule has 0 fully saturated rings. The third-order valence-corrected chi connectivity index (χ3v) is 4.09. The van der Waals surface area contributed by atoms with Gasteiger partial charge in [-0.1, -0.05) is 18.2 Å². The molecule has 0 bridgehead atoms. The monoisotopic (exact) mass is 405 g/mol. The summed E-state index contributed by atoms with van der Waals surface area (Å²) in [6, 6.07) is 18.2. The van der Waals surface area contributed by atoms with Crippen molar-refractivity contribution in [3.63, 3.8) is 0 Å². The van der Waals surface area contributed by atoms with E-state index in [0.29, 0.717) is 30.9 Å². The number of hydrogen-bond donors (Lipinski definition) is 1. The van der Waals surface area contributed by atoms with E-state index in [1.54, 1.807) is 37.9 Å². The van der Waals surface area contributed by atoms with Crippen LogP contribution in [0, 0.1) is 0 Å². The summed E-state index contributed by atoms with van der Waals surface area (Å²) in [7, 11) is 1.62. The van der Waals surface area contributed by atoms with Gasteiger partial charge in [0.25, 0.3) is 5.91 Å². The number of rotatable bonds is 10. The van der Waals surface area contributed by atoms with Crippen LogP contribution >= 0.6 is 0 Å². The normalized spacial score (nSPS) is 10.6. The molecule has 30 heavy (non-hydrogen) atoms. The van der Waals surface area contributed by atoms with Gasteiger partial charge in [-0.3, -0.25) is 9.78 Å². The van der Waals surface area contributed by atoms with E-state index in [0.717, 1.165) is 17.1 Å². The van der Waals surface area contributed by atoms with Crippen molar-refractivity contribution < 1.29 is 19.0 Å². The first-order valence-electron chi connectivity index (χ1n) is 9.48. The number of amides is 1. The molecule has 1 amide bonds. The highest BCUT2D eigenvalue weighted by molar-refractivity contribution is 5.94. The standard InChI is InChI=1S/C23H23N3O4/c1-28-20-7-4-8-21(16-20)29-14-5-15-30-22-9-3-2-6-19(22)17-25-26-23(27)18-10-12-24-13-11-18/h2-4,6-13,16-17H,5,14-15H2,1H3,(H,26,27). The summed E-state index contributed by atoms with van der Waals surface area (Å²) in [6.45, 7) is 1.00. The fourth-order valence-electron chi connectivity index (χ4n) is 2.57. The number of nitrogens with one attached hydrogen (secondary N) is 1. The molecule has 2 aromatic carbocycles. The molecule has 0 radical (unpaired) electrons. The van der Waals surface area contributed by atoms with Crippen molar-refractivity contribution in [2.75, 3.05) is 20.3 Å². The van der Waals surface area contributed by atoms with Crippen molar-refractivity contribution in [2.45, 2.75) is 6.42 Å². The van der Waals surface area contributed by atoms with Crippen LogP contribution in [-0.4, -0.2) is 37.4 Å². The Labute approximate surface area is 175 Å². The van der Waals surface area contributed by atoms with Gasteiger partial charge in [0.2, 0.25) is 0 Å². The summed E-state index contributed by atoms with van der Waals surface area (Å²) in [4.78, 5) is 15.9. The fraction of sp³-hybridized carbons (Fsp3) is 0.174. The number of hydrogen-bond acceptors (Lipinski definition) is 6. The number of carbonyl (C=O) groups is 1. The van der Waals surface area contributed by atoms with Crippen LogP contribution in [0.1, 0.15) is 22.3 Å². The molecule has 0 atom stereocenters. The minimum Gasteiger partial charge on any atom is -0.497 e. The van der Waals surface area contributed by atoms with Crippen LogP contribution in [-0.2, 0) is 0 Å². The molecule has 0 spiro atoms. The van der Waals surface area contributed by atoms with Gasteiger partial charge in [-0.25, -0.2) is 5.43 Å². The van der Waals surface area contributed by atoms with Crippen LogP contribution < -0.4 is 19.6 Å². The van der Waals surface area contributed by atoms with Crippen molar-refractivity contribution in [1.82, 2.24) is 10.4 Å². The molecule has 7 nitrogen and oxygen atoms in total. The lowest BCUT2D eigenvalue weighted by molar-refractivity contribution is 0.0955. The van der Waals surface area contributed by atoms with Gasteiger partial charge < -0.3 is 14.2 Å². The largest absolute Gasteiger partial charge is 0.497 e. The van der Waals surface area contributed by atoms with Crippen molar-refractivity contribution >= 4 is 12.1 Å². The Hall–Kier alpha value is -3.87. The number of benzene rings is 2. The van der Waals surface area contributed by atoms with Crippen molar-refractivity contribution in [3.05, 3.63) is 84.2 Å². The van der Waals surface area contributed by atoms with Crippen LogP contribution in [0.5, 0.6) is 17.2 Å². The average molecular weight is 405 g/mol. The summed E-state index contributed by atoms with van der Waals surface area (Å²) in [6.07, 6.45) is 5.38. The molecule has 1 aromatic heterocycles. The highest BCUT2D eigenvalue weighted by Gasteiger charge is 2.04. The molecule has 0 saturated carbocycles. The Morgan fingerprint density at radius 2 is 1.77 bits per heavy atom. The van der Waals surface area contributed by atoms with Gasteiger partial charge >= 0.3 is 0 Å². The Morgan fingerprint density at radius 3 is 2.60 bits per heavy atom. The van der Waals surface area contributed by atoms with E-state index in [2.05, 4.69) is 15.5 Å². The predicted molar refractivity (Wildman–Crippen MR) is 114 cm³/mol. The number of methoxy groups -OCH3 is 1. The maximum atomic E-state index is 12.0. The van der Waals surface area contributed by atoms with Crippen LogP contribution in [0.2, 0.25) is 0 Å². The fourth-order valence-corrected chi connectivity index (χ4v) is 2.57. The smallest absolute Gasteiger partial charge is 0.271 e. The molecule has 0 aliphatic heterocycles. The Morgan fingerprint density at radius 1 is 1.00 bits per heavy atom. The SMILES string of the molecule is COc1cccc(OCCCOc2ccccc2C=NNC(=O)c2ccncc2)c1. The lowest BCUT2D eigenvalue weighted by Crippen LogP contribution is -2.17. The molecule has 3 rings (SSSR count). The van der Waals surface area contributed by atoms with Gasteiger partial charge in [-0.15, -0.1) is 0 Å². The lowest BCUT2D eigenvalue weighted by Gasteiger charge is -2.10. The molecule has 0 aliphatic rings. The van der Waals surface area contributed by atoms with Crippen LogP contribution in [0.25, 0.3) is 0 Å². The number of pyridine rings is 1. The molecule has 0 unspecified atom stereocenters. The minimum absolute atomic E-state index is 0.304. The van der Waals surface area contributed by atoms with Crippen molar-refractivity contribution in [3.8, 4) is 17.2 Å². The van der Waals surface area contributed by atoms with E-state index >= 15 is 0 Å². The van der Waals surface area contributed by atoms with Crippen LogP contribution in [0.4, 0.5) is 0 Å². The number of aromatic nitrogens is 1. The maximum absolute atomic E-state index is 12.0. The van der Waals surface area contributed by atoms with Crippen LogP contribution in [0.15, 0.2) is 78.2 Å². The molecule has 7 heteroatoms. The number of hydrazone groups is 1. The van der Waals surface area contributed by atoms with Gasteiger partial charge in [0.05, 0.1) is 26.5 Å². The molecule has 3 aromatic rings. The number of nitrogens with zero attached hydrogens (tertiary/aromatic N) is 2. The summed E-state index contributed by atoms with van der Waals surface area (Å²) in [5.74, 6) is 1.89. The predicted octanol–water partition coefficient (Wildman–Crippen LogP) is 3.70. The second kappa shape index (κ2) is 11.2. The van der Waals surface area contributed by atoms with E-state index in [4.69, 9.17) is 14.2 Å². The number of carbonyl (C=O) groups excluding carboxylic acids is 1.